The summed E-state index contributed by atoms with van der Waals surface area (Å²) in [4.78, 5) is 0. The van der Waals surface area contributed by atoms with Gasteiger partial charge in [0.2, 0.25) is 0 Å². The predicted molar refractivity (Wildman–Crippen MR) is 17.6 cm³/mol. The second kappa shape index (κ2) is 9.65. The molecule has 64 valence electrons. The molecule has 0 heterocycles. The molecule has 0 amide bonds. The molecular formula is CaCdCrO8S. The summed E-state index contributed by atoms with van der Waals surface area (Å²) in [6.07, 6.45) is 0. The fourth-order valence-corrected chi connectivity index (χ4v) is 0. The quantitative estimate of drug-likeness (QED) is 0.237. The zero-order valence-electron chi connectivity index (χ0n) is 5.50. The zero-order chi connectivity index (χ0) is 9.00. The van der Waals surface area contributed by atoms with Crippen molar-refractivity contribution in [2.45, 2.75) is 0 Å². The van der Waals surface area contributed by atoms with Crippen molar-refractivity contribution in [1.82, 2.24) is 0 Å². The summed E-state index contributed by atoms with van der Waals surface area (Å²) in [6, 6.07) is 0. The second-order valence-electron chi connectivity index (χ2n) is 0.816. The fraction of sp³-hybridized carbons (Fsp3) is 0. The van der Waals surface area contributed by atoms with E-state index in [2.05, 4.69) is 0 Å². The van der Waals surface area contributed by atoms with E-state index in [1.807, 2.05) is 0 Å². The van der Waals surface area contributed by atoms with E-state index >= 15 is 0 Å². The van der Waals surface area contributed by atoms with E-state index in [0.29, 0.717) is 0 Å². The van der Waals surface area contributed by atoms with Gasteiger partial charge in [-0.3, -0.25) is 8.42 Å². The van der Waals surface area contributed by atoms with Crippen LogP contribution in [0.5, 0.6) is 0 Å². The van der Waals surface area contributed by atoms with Crippen LogP contribution in [0.15, 0.2) is 0 Å². The molecule has 0 spiro atoms. The van der Waals surface area contributed by atoms with Crippen molar-refractivity contribution in [3.8, 4) is 0 Å². The van der Waals surface area contributed by atoms with Crippen LogP contribution in [-0.2, 0) is 58.9 Å². The monoisotopic (exact) mass is 366 g/mol. The van der Waals surface area contributed by atoms with Crippen molar-refractivity contribution < 1.29 is 74.4 Å². The summed E-state index contributed by atoms with van der Waals surface area (Å²) in [5.74, 6) is 0. The van der Waals surface area contributed by atoms with Gasteiger partial charge in [-0.05, 0) is 0 Å². The third kappa shape index (κ3) is 337. The Labute approximate surface area is 120 Å². The van der Waals surface area contributed by atoms with Crippen LogP contribution in [0, 0.1) is 0 Å². The first-order valence-electron chi connectivity index (χ1n) is 1.33. The number of rotatable bonds is 0. The van der Waals surface area contributed by atoms with Crippen molar-refractivity contribution in [2.75, 3.05) is 0 Å². The molecule has 0 saturated heterocycles. The molecule has 0 unspecified atom stereocenters. The fourth-order valence-electron chi connectivity index (χ4n) is 0. The van der Waals surface area contributed by atoms with Gasteiger partial charge in [-0.25, -0.2) is 0 Å². The Morgan fingerprint density at radius 2 is 1.00 bits per heavy atom. The summed E-state index contributed by atoms with van der Waals surface area (Å²) in [5, 5.41) is 0. The summed E-state index contributed by atoms with van der Waals surface area (Å²) < 4.78 is 68.5. The summed E-state index contributed by atoms with van der Waals surface area (Å²) in [6.45, 7) is 0. The maximum absolute atomic E-state index is 8.59. The van der Waals surface area contributed by atoms with Gasteiger partial charge in [-0.1, -0.05) is 0 Å². The molecular weight excluding hydrogens is 365 g/mol. The van der Waals surface area contributed by atoms with E-state index in [4.69, 9.17) is 33.4 Å². The second-order valence-corrected chi connectivity index (χ2v) is 2.91. The molecule has 0 saturated carbocycles. The topological polar surface area (TPSA) is 161 Å². The predicted octanol–water partition coefficient (Wildman–Crippen LogP) is -4.34. The minimum atomic E-state index is -5.75. The van der Waals surface area contributed by atoms with Gasteiger partial charge >= 0.3 is 94.6 Å². The van der Waals surface area contributed by atoms with Crippen LogP contribution in [0.25, 0.3) is 0 Å². The van der Waals surface area contributed by atoms with Crippen LogP contribution >= 0.6 is 0 Å². The molecule has 0 N–H and O–H groups in total. The maximum atomic E-state index is 8.59. The Balaban J connectivity index is -0.0000000457. The Morgan fingerprint density at radius 3 is 1.00 bits per heavy atom. The van der Waals surface area contributed by atoms with E-state index in [1.54, 1.807) is 0 Å². The molecule has 0 atom stereocenters. The van der Waals surface area contributed by atoms with Gasteiger partial charge < -0.3 is 9.11 Å². The van der Waals surface area contributed by atoms with Crippen LogP contribution in [-0.4, -0.2) is 55.3 Å². The molecule has 0 rings (SSSR count). The molecule has 0 fully saturated rings. The molecule has 0 aromatic rings. The van der Waals surface area contributed by atoms with Crippen LogP contribution in [0.3, 0.4) is 0 Å². The van der Waals surface area contributed by atoms with Crippen LogP contribution in [0.2, 0.25) is 0 Å². The Kier molecular flexibility index (Phi) is 19.1. The summed E-state index contributed by atoms with van der Waals surface area (Å²) in [7, 11) is -5.17. The molecule has 0 radical (unpaired) electrons. The zero-order valence-corrected chi connectivity index (χ0v) is 13.8. The van der Waals surface area contributed by atoms with Gasteiger partial charge in [0, 0.05) is 10.4 Å². The normalized spacial score (nSPS) is 9.67. The van der Waals surface area contributed by atoms with Crippen LogP contribution in [0.4, 0.5) is 0 Å². The molecule has 0 aromatic heterocycles. The van der Waals surface area contributed by atoms with Gasteiger partial charge in [0.15, 0.2) is 0 Å². The third-order valence-corrected chi connectivity index (χ3v) is 0. The molecule has 0 aliphatic heterocycles. The first-order chi connectivity index (χ1) is 4.00. The number of hydrogen-bond acceptors (Lipinski definition) is 8. The molecule has 8 nitrogen and oxygen atoms in total. The van der Waals surface area contributed by atoms with Crippen LogP contribution < -0.4 is 8.32 Å². The van der Waals surface area contributed by atoms with Crippen molar-refractivity contribution in [2.24, 2.45) is 0 Å². The Hall–Kier alpha value is 2.10. The average molecular weight is 365 g/mol. The summed E-state index contributed by atoms with van der Waals surface area (Å²) >= 11 is -5.75. The first-order valence-corrected chi connectivity index (χ1v) is 4.75. The van der Waals surface area contributed by atoms with E-state index in [9.17, 15) is 0 Å². The van der Waals surface area contributed by atoms with E-state index < -0.39 is 24.0 Å². The van der Waals surface area contributed by atoms with Gasteiger partial charge in [-0.15, -0.1) is 0 Å². The van der Waals surface area contributed by atoms with Crippen molar-refractivity contribution in [3.05, 3.63) is 0 Å². The van der Waals surface area contributed by atoms with E-state index in [0.717, 1.165) is 0 Å². The Bertz CT molecular complexity index is 215. The first kappa shape index (κ1) is 23.7. The standard InChI is InChI=1S/Ca.Cd.Cr.H2O4S.4O/c;;;1-5(2,3)4;;;;/h;;;(H2,1,2,3,4);;;;/q2*+2;;;;;2*-1/p-2. The van der Waals surface area contributed by atoms with Gasteiger partial charge in [-0.2, -0.15) is 0 Å². The Morgan fingerprint density at radius 1 is 1.00 bits per heavy atom. The SMILES string of the molecule is O=S(=O)([O-])[O-].[Ca+2].[Cd+2].[O]=[Cr](=[O])([O-])[O-]. The molecule has 12 heteroatoms. The molecule has 0 aliphatic carbocycles. The van der Waals surface area contributed by atoms with Gasteiger partial charge in [0.1, 0.15) is 0 Å². The van der Waals surface area contributed by atoms with Crippen LogP contribution in [0.1, 0.15) is 0 Å². The van der Waals surface area contributed by atoms with Crippen molar-refractivity contribution in [1.29, 1.82) is 0 Å². The minimum absolute atomic E-state index is 0. The van der Waals surface area contributed by atoms with Gasteiger partial charge in [0.25, 0.3) is 0 Å². The van der Waals surface area contributed by atoms with Crippen molar-refractivity contribution in [3.63, 3.8) is 0 Å². The third-order valence-electron chi connectivity index (χ3n) is 0. The van der Waals surface area contributed by atoms with E-state index in [-0.39, 0.29) is 65.0 Å². The van der Waals surface area contributed by atoms with Gasteiger partial charge in [0.05, 0.1) is 0 Å². The molecule has 0 aliphatic rings. The number of hydrogen-bond donors (Lipinski definition) is 0. The van der Waals surface area contributed by atoms with E-state index in [1.165, 1.54) is 0 Å². The molecule has 0 aromatic carbocycles. The van der Waals surface area contributed by atoms with Crippen molar-refractivity contribution >= 4 is 48.1 Å². The molecule has 0 bridgehead atoms. The molecule has 12 heavy (non-hydrogen) atoms. The average Bonchev–Trinajstić information content (AvgIpc) is 1.12. The summed E-state index contributed by atoms with van der Waals surface area (Å²) in [5.41, 5.74) is 0.